The van der Waals surface area contributed by atoms with Gasteiger partial charge in [-0.25, -0.2) is 9.18 Å². The zero-order valence-electron chi connectivity index (χ0n) is 12.6. The number of nitrogens with zero attached hydrogens (tertiary/aromatic N) is 1. The van der Waals surface area contributed by atoms with Crippen LogP contribution in [0.5, 0.6) is 5.75 Å². The molecule has 2 amide bonds. The Hall–Kier alpha value is -2.12. The summed E-state index contributed by atoms with van der Waals surface area (Å²) in [4.78, 5) is 15.2. The van der Waals surface area contributed by atoms with E-state index in [1.54, 1.807) is 16.2 Å². The number of methoxy groups -OCH3 is 1. The molecular formula is C16H17FN2O3S. The van der Waals surface area contributed by atoms with E-state index in [0.29, 0.717) is 25.4 Å². The molecule has 1 N–H and O–H groups in total. The van der Waals surface area contributed by atoms with Crippen molar-refractivity contribution in [1.29, 1.82) is 0 Å². The molecule has 122 valence electrons. The lowest BCUT2D eigenvalue weighted by Gasteiger charge is -2.32. The van der Waals surface area contributed by atoms with Crippen LogP contribution >= 0.6 is 11.3 Å². The van der Waals surface area contributed by atoms with Gasteiger partial charge in [-0.3, -0.25) is 0 Å². The molecule has 23 heavy (non-hydrogen) atoms. The van der Waals surface area contributed by atoms with Gasteiger partial charge in [-0.15, -0.1) is 11.3 Å². The second-order valence-corrected chi connectivity index (χ2v) is 6.08. The number of anilines is 1. The van der Waals surface area contributed by atoms with E-state index in [9.17, 15) is 9.18 Å². The van der Waals surface area contributed by atoms with Crippen molar-refractivity contribution in [3.8, 4) is 5.75 Å². The van der Waals surface area contributed by atoms with Gasteiger partial charge in [0, 0.05) is 23.2 Å². The van der Waals surface area contributed by atoms with Gasteiger partial charge in [0.05, 0.1) is 20.3 Å². The largest absolute Gasteiger partial charge is 0.494 e. The Morgan fingerprint density at radius 2 is 2.35 bits per heavy atom. The summed E-state index contributed by atoms with van der Waals surface area (Å²) in [5.74, 6) is -0.365. The van der Waals surface area contributed by atoms with Crippen molar-refractivity contribution in [3.63, 3.8) is 0 Å². The molecule has 1 fully saturated rings. The third kappa shape index (κ3) is 3.62. The van der Waals surface area contributed by atoms with Crippen LogP contribution in [0.2, 0.25) is 0 Å². The normalized spacial score (nSPS) is 17.8. The number of rotatable bonds is 3. The number of halogens is 1. The molecule has 0 unspecified atom stereocenters. The van der Waals surface area contributed by atoms with E-state index < -0.39 is 5.82 Å². The average Bonchev–Trinajstić information content (AvgIpc) is 3.11. The molecular weight excluding hydrogens is 319 g/mol. The van der Waals surface area contributed by atoms with Crippen LogP contribution in [0.25, 0.3) is 0 Å². The van der Waals surface area contributed by atoms with E-state index in [1.807, 2.05) is 17.5 Å². The maximum absolute atomic E-state index is 13.4. The standard InChI is InChI=1S/C16H17FN2O3S/c1-21-13-9-11(4-5-12(13)17)18-16(20)19-6-7-22-14(10-19)15-3-2-8-23-15/h2-5,8-9,14H,6-7,10H2,1H3,(H,18,20)/t14-/m1/s1. The van der Waals surface area contributed by atoms with E-state index in [-0.39, 0.29) is 17.9 Å². The molecule has 1 aromatic carbocycles. The first-order valence-corrected chi connectivity index (χ1v) is 8.10. The number of hydrogen-bond donors (Lipinski definition) is 1. The monoisotopic (exact) mass is 336 g/mol. The van der Waals surface area contributed by atoms with Crippen molar-refractivity contribution in [3.05, 3.63) is 46.4 Å². The summed E-state index contributed by atoms with van der Waals surface area (Å²) in [6, 6.07) is 7.97. The van der Waals surface area contributed by atoms with Gasteiger partial charge in [0.25, 0.3) is 0 Å². The number of morpholine rings is 1. The van der Waals surface area contributed by atoms with Crippen molar-refractivity contribution < 1.29 is 18.7 Å². The molecule has 0 bridgehead atoms. The van der Waals surface area contributed by atoms with Crippen molar-refractivity contribution in [2.24, 2.45) is 0 Å². The van der Waals surface area contributed by atoms with Crippen molar-refractivity contribution in [1.82, 2.24) is 4.90 Å². The van der Waals surface area contributed by atoms with E-state index >= 15 is 0 Å². The minimum Gasteiger partial charge on any atom is -0.494 e. The molecule has 1 saturated heterocycles. The van der Waals surface area contributed by atoms with E-state index in [4.69, 9.17) is 9.47 Å². The Kier molecular flexibility index (Phi) is 4.78. The third-order valence-corrected chi connectivity index (χ3v) is 4.58. The van der Waals surface area contributed by atoms with Gasteiger partial charge in [-0.1, -0.05) is 6.07 Å². The van der Waals surface area contributed by atoms with Crippen LogP contribution in [0.3, 0.4) is 0 Å². The number of benzene rings is 1. The maximum Gasteiger partial charge on any atom is 0.322 e. The van der Waals surface area contributed by atoms with E-state index in [0.717, 1.165) is 4.88 Å². The summed E-state index contributed by atoms with van der Waals surface area (Å²) >= 11 is 1.61. The van der Waals surface area contributed by atoms with Crippen LogP contribution in [-0.2, 0) is 4.74 Å². The fourth-order valence-electron chi connectivity index (χ4n) is 2.42. The lowest BCUT2D eigenvalue weighted by atomic mass is 10.2. The number of ether oxygens (including phenoxy) is 2. The zero-order chi connectivity index (χ0) is 16.2. The number of carbonyl (C=O) groups is 1. The van der Waals surface area contributed by atoms with Gasteiger partial charge < -0.3 is 19.7 Å². The second kappa shape index (κ2) is 6.97. The molecule has 1 aliphatic rings. The number of nitrogens with one attached hydrogen (secondary N) is 1. The van der Waals surface area contributed by atoms with E-state index in [1.165, 1.54) is 25.3 Å². The van der Waals surface area contributed by atoms with Gasteiger partial charge in [-0.2, -0.15) is 0 Å². The fourth-order valence-corrected chi connectivity index (χ4v) is 3.19. The molecule has 5 nitrogen and oxygen atoms in total. The van der Waals surface area contributed by atoms with Crippen LogP contribution in [0.4, 0.5) is 14.9 Å². The van der Waals surface area contributed by atoms with Gasteiger partial charge in [0.2, 0.25) is 0 Å². The molecule has 0 spiro atoms. The predicted octanol–water partition coefficient (Wildman–Crippen LogP) is 3.50. The molecule has 0 aliphatic carbocycles. The quantitative estimate of drug-likeness (QED) is 0.933. The number of carbonyl (C=O) groups excluding carboxylic acids is 1. The van der Waals surface area contributed by atoms with Gasteiger partial charge in [-0.05, 0) is 23.6 Å². The first kappa shape index (κ1) is 15.8. The zero-order valence-corrected chi connectivity index (χ0v) is 13.4. The summed E-state index contributed by atoms with van der Waals surface area (Å²) in [7, 11) is 1.39. The Bertz CT molecular complexity index is 678. The van der Waals surface area contributed by atoms with Gasteiger partial charge >= 0.3 is 6.03 Å². The molecule has 0 radical (unpaired) electrons. The Balaban J connectivity index is 1.66. The van der Waals surface area contributed by atoms with Crippen LogP contribution in [-0.4, -0.2) is 37.7 Å². The number of thiophene rings is 1. The van der Waals surface area contributed by atoms with Crippen LogP contribution in [0.15, 0.2) is 35.7 Å². The summed E-state index contributed by atoms with van der Waals surface area (Å²) in [6.07, 6.45) is -0.0998. The molecule has 1 aromatic heterocycles. The number of amides is 2. The summed E-state index contributed by atoms with van der Waals surface area (Å²) in [5, 5.41) is 4.76. The summed E-state index contributed by atoms with van der Waals surface area (Å²) in [5.41, 5.74) is 0.493. The molecule has 1 aliphatic heterocycles. The van der Waals surface area contributed by atoms with Gasteiger partial charge in [0.15, 0.2) is 11.6 Å². The lowest BCUT2D eigenvalue weighted by Crippen LogP contribution is -2.44. The highest BCUT2D eigenvalue weighted by atomic mass is 32.1. The maximum atomic E-state index is 13.4. The smallest absolute Gasteiger partial charge is 0.322 e. The average molecular weight is 336 g/mol. The molecule has 1 atom stereocenters. The SMILES string of the molecule is COc1cc(NC(=O)N2CCO[C@@H](c3cccs3)C2)ccc1F. The topological polar surface area (TPSA) is 50.8 Å². The van der Waals surface area contributed by atoms with Crippen molar-refractivity contribution >= 4 is 23.1 Å². The molecule has 3 rings (SSSR count). The van der Waals surface area contributed by atoms with Crippen LogP contribution in [0, 0.1) is 5.82 Å². The second-order valence-electron chi connectivity index (χ2n) is 5.10. The third-order valence-electron chi connectivity index (χ3n) is 3.62. The summed E-state index contributed by atoms with van der Waals surface area (Å²) in [6.45, 7) is 1.50. The number of urea groups is 1. The highest BCUT2D eigenvalue weighted by Crippen LogP contribution is 2.27. The van der Waals surface area contributed by atoms with Crippen LogP contribution in [0.1, 0.15) is 11.0 Å². The predicted molar refractivity (Wildman–Crippen MR) is 86.6 cm³/mol. The Labute approximate surface area is 137 Å². The van der Waals surface area contributed by atoms with Crippen LogP contribution < -0.4 is 10.1 Å². The minimum absolute atomic E-state index is 0.0984. The minimum atomic E-state index is -0.463. The Morgan fingerprint density at radius 1 is 1.48 bits per heavy atom. The first-order chi connectivity index (χ1) is 11.2. The van der Waals surface area contributed by atoms with Crippen molar-refractivity contribution in [2.75, 3.05) is 32.1 Å². The molecule has 7 heteroatoms. The highest BCUT2D eigenvalue weighted by molar-refractivity contribution is 7.10. The van der Waals surface area contributed by atoms with Gasteiger partial charge in [0.1, 0.15) is 6.10 Å². The Morgan fingerprint density at radius 3 is 3.09 bits per heavy atom. The fraction of sp³-hybridized carbons (Fsp3) is 0.312. The summed E-state index contributed by atoms with van der Waals surface area (Å²) < 4.78 is 24.1. The highest BCUT2D eigenvalue weighted by Gasteiger charge is 2.26. The van der Waals surface area contributed by atoms with E-state index in [2.05, 4.69) is 5.32 Å². The molecule has 2 aromatic rings. The molecule has 0 saturated carbocycles. The van der Waals surface area contributed by atoms with Crippen molar-refractivity contribution in [2.45, 2.75) is 6.10 Å². The lowest BCUT2D eigenvalue weighted by molar-refractivity contribution is -0.0115. The first-order valence-electron chi connectivity index (χ1n) is 7.22. The molecule has 2 heterocycles. The number of hydrogen-bond acceptors (Lipinski definition) is 4.